The van der Waals surface area contributed by atoms with E-state index in [1.54, 1.807) is 24.3 Å². The average Bonchev–Trinajstić information content (AvgIpc) is 3.51. The van der Waals surface area contributed by atoms with Crippen molar-refractivity contribution < 1.29 is 23.5 Å². The largest absolute Gasteiger partial charge is 0.494 e. The molecule has 9 heteroatoms. The van der Waals surface area contributed by atoms with Crippen molar-refractivity contribution >= 4 is 46.4 Å². The lowest BCUT2D eigenvalue weighted by Crippen LogP contribution is -2.53. The Balaban J connectivity index is 1.36. The number of hydrogen-bond donors (Lipinski definition) is 1. The summed E-state index contributed by atoms with van der Waals surface area (Å²) in [4.78, 5) is 38.9. The van der Waals surface area contributed by atoms with Gasteiger partial charge < -0.3 is 13.7 Å². The molecule has 0 spiro atoms. The third kappa shape index (κ3) is 4.89. The summed E-state index contributed by atoms with van der Waals surface area (Å²) in [5, 5.41) is 3.79. The van der Waals surface area contributed by atoms with Gasteiger partial charge in [-0.1, -0.05) is 29.8 Å². The molecule has 1 saturated heterocycles. The van der Waals surface area contributed by atoms with E-state index in [9.17, 15) is 14.4 Å². The second kappa shape index (κ2) is 10.1. The number of hydrogen-bond acceptors (Lipinski definition) is 5. The van der Waals surface area contributed by atoms with Crippen LogP contribution in [-0.4, -0.2) is 33.9 Å². The van der Waals surface area contributed by atoms with Gasteiger partial charge in [-0.2, -0.15) is 0 Å². The molecule has 0 unspecified atom stereocenters. The third-order valence-electron chi connectivity index (χ3n) is 5.82. The van der Waals surface area contributed by atoms with Gasteiger partial charge in [-0.3, -0.25) is 19.8 Å². The Bertz CT molecular complexity index is 1450. The molecule has 1 aliphatic rings. The van der Waals surface area contributed by atoms with Gasteiger partial charge in [0.05, 0.1) is 19.4 Å². The minimum Gasteiger partial charge on any atom is -0.494 e. The molecule has 4 amide bonds. The van der Waals surface area contributed by atoms with Crippen LogP contribution in [0.5, 0.6) is 5.75 Å². The van der Waals surface area contributed by atoms with Crippen LogP contribution in [0.2, 0.25) is 5.02 Å². The van der Waals surface area contributed by atoms with Crippen LogP contribution in [-0.2, 0) is 22.7 Å². The zero-order valence-electron chi connectivity index (χ0n) is 19.1. The molecule has 8 nitrogen and oxygen atoms in total. The summed E-state index contributed by atoms with van der Waals surface area (Å²) in [5.74, 6) is -0.218. The Hall–Kier alpha value is -4.30. The smallest absolute Gasteiger partial charge is 0.331 e. The Morgan fingerprint density at radius 2 is 1.81 bits per heavy atom. The van der Waals surface area contributed by atoms with Crippen LogP contribution in [0.1, 0.15) is 17.7 Å². The molecule has 1 fully saturated rings. The second-order valence-electron chi connectivity index (χ2n) is 8.24. The van der Waals surface area contributed by atoms with Crippen molar-refractivity contribution in [3.8, 4) is 5.75 Å². The molecule has 1 aliphatic heterocycles. The lowest BCUT2D eigenvalue weighted by Gasteiger charge is -2.25. The van der Waals surface area contributed by atoms with E-state index in [0.717, 1.165) is 28.0 Å². The van der Waals surface area contributed by atoms with Crippen molar-refractivity contribution in [2.24, 2.45) is 0 Å². The molecule has 0 bridgehead atoms. The number of carbonyl (C=O) groups is 3. The maximum absolute atomic E-state index is 13.1. The number of fused-ring (bicyclic) bond motifs is 1. The summed E-state index contributed by atoms with van der Waals surface area (Å²) in [6, 6.07) is 17.5. The Labute approximate surface area is 211 Å². The number of barbiturate groups is 1. The Morgan fingerprint density at radius 1 is 1.00 bits per heavy atom. The van der Waals surface area contributed by atoms with Crippen LogP contribution in [0.4, 0.5) is 4.79 Å². The van der Waals surface area contributed by atoms with Crippen LogP contribution in [0.15, 0.2) is 83.1 Å². The van der Waals surface area contributed by atoms with Crippen LogP contribution in [0.25, 0.3) is 17.0 Å². The highest BCUT2D eigenvalue weighted by Crippen LogP contribution is 2.26. The number of carbonyl (C=O) groups excluding carboxylic acids is 3. The molecule has 0 saturated carbocycles. The Morgan fingerprint density at radius 3 is 2.58 bits per heavy atom. The van der Waals surface area contributed by atoms with Gasteiger partial charge >= 0.3 is 6.03 Å². The molecular formula is C27H22ClN3O5. The third-order valence-corrected chi connectivity index (χ3v) is 6.08. The van der Waals surface area contributed by atoms with Gasteiger partial charge in [0.2, 0.25) is 0 Å². The van der Waals surface area contributed by atoms with Gasteiger partial charge in [0.25, 0.3) is 11.8 Å². The predicted octanol–water partition coefficient (Wildman–Crippen LogP) is 5.02. The molecule has 0 aliphatic carbocycles. The summed E-state index contributed by atoms with van der Waals surface area (Å²) in [5.41, 5.74) is 1.55. The quantitative estimate of drug-likeness (QED) is 0.207. The van der Waals surface area contributed by atoms with E-state index >= 15 is 0 Å². The van der Waals surface area contributed by atoms with Gasteiger partial charge in [0, 0.05) is 34.2 Å². The molecule has 3 heterocycles. The maximum Gasteiger partial charge on any atom is 0.331 e. The maximum atomic E-state index is 13.1. The molecule has 36 heavy (non-hydrogen) atoms. The fourth-order valence-corrected chi connectivity index (χ4v) is 4.21. The number of para-hydroxylation sites is 1. The minimum atomic E-state index is -0.776. The van der Waals surface area contributed by atoms with E-state index in [1.165, 1.54) is 12.3 Å². The van der Waals surface area contributed by atoms with Gasteiger partial charge in [0.15, 0.2) is 0 Å². The number of aromatic nitrogens is 1. The number of urea groups is 1. The number of amides is 4. The van der Waals surface area contributed by atoms with Gasteiger partial charge in [-0.05, 0) is 55.0 Å². The first-order valence-corrected chi connectivity index (χ1v) is 11.7. The van der Waals surface area contributed by atoms with E-state index < -0.39 is 17.8 Å². The molecular weight excluding hydrogens is 482 g/mol. The normalized spacial score (nSPS) is 15.1. The topological polar surface area (TPSA) is 93.8 Å². The summed E-state index contributed by atoms with van der Waals surface area (Å²) in [7, 11) is 0. The fourth-order valence-electron chi connectivity index (χ4n) is 4.08. The lowest BCUT2D eigenvalue weighted by molar-refractivity contribution is -0.130. The monoisotopic (exact) mass is 503 g/mol. The van der Waals surface area contributed by atoms with E-state index in [2.05, 4.69) is 9.88 Å². The van der Waals surface area contributed by atoms with Crippen LogP contribution in [0.3, 0.4) is 0 Å². The van der Waals surface area contributed by atoms with Gasteiger partial charge in [-0.25, -0.2) is 4.79 Å². The number of nitrogens with one attached hydrogen (secondary N) is 1. The van der Waals surface area contributed by atoms with E-state index in [1.807, 2.05) is 42.6 Å². The second-order valence-corrected chi connectivity index (χ2v) is 8.68. The molecule has 0 radical (unpaired) electrons. The van der Waals surface area contributed by atoms with Crippen molar-refractivity contribution in [1.82, 2.24) is 14.8 Å². The molecule has 5 rings (SSSR count). The molecule has 4 aromatic rings. The van der Waals surface area contributed by atoms with Crippen molar-refractivity contribution in [2.45, 2.75) is 19.5 Å². The number of rotatable bonds is 8. The van der Waals surface area contributed by atoms with E-state index in [0.29, 0.717) is 29.5 Å². The molecule has 2 aromatic heterocycles. The highest BCUT2D eigenvalue weighted by atomic mass is 35.5. The zero-order valence-corrected chi connectivity index (χ0v) is 19.9. The van der Waals surface area contributed by atoms with Crippen molar-refractivity contribution in [3.63, 3.8) is 0 Å². The summed E-state index contributed by atoms with van der Waals surface area (Å²) in [6.07, 6.45) is 5.62. The highest BCUT2D eigenvalue weighted by molar-refractivity contribution is 6.31. The molecule has 2 aromatic carbocycles. The van der Waals surface area contributed by atoms with E-state index in [-0.39, 0.29) is 12.1 Å². The number of aryl methyl sites for hydroxylation is 1. The number of imide groups is 2. The Kier molecular flexibility index (Phi) is 6.60. The zero-order chi connectivity index (χ0) is 25.1. The fraction of sp³-hybridized carbons (Fsp3) is 0.148. The van der Waals surface area contributed by atoms with Crippen LogP contribution < -0.4 is 10.1 Å². The number of benzene rings is 2. The first kappa shape index (κ1) is 23.4. The minimum absolute atomic E-state index is 0.0718. The van der Waals surface area contributed by atoms with Crippen LogP contribution >= 0.6 is 11.6 Å². The highest BCUT2D eigenvalue weighted by Gasteiger charge is 2.36. The average molecular weight is 504 g/mol. The SMILES string of the molecule is O=C1NC(=O)N(Cc2ccco2)C(=O)C1=Cc1cn(CCCOc2ccc(Cl)cc2)c2ccccc12. The number of nitrogens with zero attached hydrogens (tertiary/aromatic N) is 2. The van der Waals surface area contributed by atoms with Gasteiger partial charge in [0.1, 0.15) is 17.1 Å². The van der Waals surface area contributed by atoms with Crippen molar-refractivity contribution in [1.29, 1.82) is 0 Å². The van der Waals surface area contributed by atoms with Crippen LogP contribution in [0, 0.1) is 0 Å². The number of halogens is 1. The van der Waals surface area contributed by atoms with E-state index in [4.69, 9.17) is 20.8 Å². The van der Waals surface area contributed by atoms with Crippen molar-refractivity contribution in [3.05, 3.63) is 95.0 Å². The van der Waals surface area contributed by atoms with Gasteiger partial charge in [-0.15, -0.1) is 0 Å². The summed E-state index contributed by atoms with van der Waals surface area (Å²) in [6.45, 7) is 1.10. The molecule has 0 atom stereocenters. The number of furan rings is 1. The molecule has 182 valence electrons. The number of ether oxygens (including phenoxy) is 1. The summed E-state index contributed by atoms with van der Waals surface area (Å²) >= 11 is 5.91. The predicted molar refractivity (Wildman–Crippen MR) is 134 cm³/mol. The first-order valence-electron chi connectivity index (χ1n) is 11.4. The summed E-state index contributed by atoms with van der Waals surface area (Å²) < 4.78 is 13.1. The molecule has 1 N–H and O–H groups in total. The van der Waals surface area contributed by atoms with Crippen molar-refractivity contribution in [2.75, 3.05) is 6.61 Å². The standard InChI is InChI=1S/C27H22ClN3O5/c28-19-8-10-20(11-9-19)35-14-4-12-30-16-18(22-6-1-2-7-24(22)30)15-23-25(32)29-27(34)31(26(23)33)17-21-5-3-13-36-21/h1-3,5-11,13,15-16H,4,12,14,17H2,(H,29,32,34). The lowest BCUT2D eigenvalue weighted by atomic mass is 10.1. The first-order chi connectivity index (χ1) is 17.5.